The molecule has 0 spiro atoms. The maximum atomic E-state index is 6.10. The lowest BCUT2D eigenvalue weighted by Gasteiger charge is -2.12. The molecule has 0 aliphatic heterocycles. The van der Waals surface area contributed by atoms with Gasteiger partial charge in [-0.05, 0) is 72.9 Å². The average Bonchev–Trinajstić information content (AvgIpc) is 2.66. The van der Waals surface area contributed by atoms with Crippen LogP contribution < -0.4 is 20.1 Å². The molecule has 0 amide bonds. The summed E-state index contributed by atoms with van der Waals surface area (Å²) in [5.74, 6) is 2.10. The van der Waals surface area contributed by atoms with Crippen molar-refractivity contribution in [2.24, 2.45) is 0 Å². The number of rotatable bonds is 5. The van der Waals surface area contributed by atoms with Crippen LogP contribution in [0.15, 0.2) is 72.8 Å². The highest BCUT2D eigenvalue weighted by atomic mass is 35.5. The molecule has 2 N–H and O–H groups in total. The molecule has 3 rings (SSSR count). The average molecular weight is 385 g/mol. The Morgan fingerprint density at radius 1 is 0.808 bits per heavy atom. The van der Waals surface area contributed by atoms with Crippen molar-refractivity contribution < 1.29 is 9.47 Å². The zero-order valence-corrected chi connectivity index (χ0v) is 15.6. The number of hydrogen-bond donors (Lipinski definition) is 2. The molecule has 0 aromatic heterocycles. The molecule has 0 radical (unpaired) electrons. The molecule has 0 unspecified atom stereocenters. The standard InChI is InChI=1S/C20H17ClN2O2S/c1-24-16-10-6-14(7-11-16)22-20(26)23-15-8-12-17(13-9-15)25-19-5-3-2-4-18(19)21/h2-13H,1H3,(H2,22,23,26). The summed E-state index contributed by atoms with van der Waals surface area (Å²) in [6, 6.07) is 22.3. The minimum atomic E-state index is 0.495. The summed E-state index contributed by atoms with van der Waals surface area (Å²) in [4.78, 5) is 0. The van der Waals surface area contributed by atoms with Gasteiger partial charge in [-0.15, -0.1) is 0 Å². The summed E-state index contributed by atoms with van der Waals surface area (Å²) < 4.78 is 10.9. The van der Waals surface area contributed by atoms with Crippen LogP contribution in [0.1, 0.15) is 0 Å². The van der Waals surface area contributed by atoms with E-state index >= 15 is 0 Å². The van der Waals surface area contributed by atoms with Crippen LogP contribution in [0.4, 0.5) is 11.4 Å². The van der Waals surface area contributed by atoms with E-state index in [-0.39, 0.29) is 0 Å². The van der Waals surface area contributed by atoms with Crippen LogP contribution in [0.5, 0.6) is 17.2 Å². The minimum absolute atomic E-state index is 0.495. The van der Waals surface area contributed by atoms with Crippen LogP contribution in [0, 0.1) is 0 Å². The van der Waals surface area contributed by atoms with Crippen LogP contribution >= 0.6 is 23.8 Å². The lowest BCUT2D eigenvalue weighted by atomic mass is 10.3. The van der Waals surface area contributed by atoms with Crippen molar-refractivity contribution in [2.45, 2.75) is 0 Å². The summed E-state index contributed by atoms with van der Waals surface area (Å²) in [5.41, 5.74) is 1.73. The Labute approximate surface area is 162 Å². The lowest BCUT2D eigenvalue weighted by Crippen LogP contribution is -2.18. The van der Waals surface area contributed by atoms with Crippen molar-refractivity contribution in [1.29, 1.82) is 0 Å². The Morgan fingerprint density at radius 2 is 1.35 bits per heavy atom. The number of para-hydroxylation sites is 1. The summed E-state index contributed by atoms with van der Waals surface area (Å²) in [6.45, 7) is 0. The van der Waals surface area contributed by atoms with Gasteiger partial charge >= 0.3 is 0 Å². The number of thiocarbonyl (C=S) groups is 1. The van der Waals surface area contributed by atoms with Gasteiger partial charge in [-0.25, -0.2) is 0 Å². The number of nitrogens with one attached hydrogen (secondary N) is 2. The molecular formula is C20H17ClN2O2S. The van der Waals surface area contributed by atoms with Gasteiger partial charge in [0, 0.05) is 11.4 Å². The highest BCUT2D eigenvalue weighted by molar-refractivity contribution is 7.80. The number of anilines is 2. The molecule has 0 aliphatic carbocycles. The molecule has 0 atom stereocenters. The highest BCUT2D eigenvalue weighted by Gasteiger charge is 2.03. The Hall–Kier alpha value is -2.76. The van der Waals surface area contributed by atoms with Gasteiger partial charge in [-0.1, -0.05) is 23.7 Å². The Kier molecular flexibility index (Phi) is 5.94. The number of ether oxygens (including phenoxy) is 2. The van der Waals surface area contributed by atoms with E-state index in [1.807, 2.05) is 66.7 Å². The van der Waals surface area contributed by atoms with Crippen LogP contribution in [-0.4, -0.2) is 12.2 Å². The highest BCUT2D eigenvalue weighted by Crippen LogP contribution is 2.29. The van der Waals surface area contributed by atoms with Crippen LogP contribution in [0.2, 0.25) is 5.02 Å². The van der Waals surface area contributed by atoms with E-state index < -0.39 is 0 Å². The van der Waals surface area contributed by atoms with Gasteiger partial charge in [0.1, 0.15) is 17.2 Å². The van der Waals surface area contributed by atoms with E-state index in [1.54, 1.807) is 13.2 Å². The summed E-state index contributed by atoms with van der Waals surface area (Å²) in [7, 11) is 1.63. The number of halogens is 1. The topological polar surface area (TPSA) is 42.5 Å². The van der Waals surface area contributed by atoms with E-state index in [4.69, 9.17) is 33.3 Å². The van der Waals surface area contributed by atoms with Crippen molar-refractivity contribution in [1.82, 2.24) is 0 Å². The van der Waals surface area contributed by atoms with Crippen molar-refractivity contribution in [3.05, 3.63) is 77.8 Å². The van der Waals surface area contributed by atoms with Gasteiger partial charge in [0.25, 0.3) is 0 Å². The lowest BCUT2D eigenvalue weighted by molar-refractivity contribution is 0.415. The van der Waals surface area contributed by atoms with Crippen LogP contribution in [-0.2, 0) is 0 Å². The molecule has 0 heterocycles. The van der Waals surface area contributed by atoms with E-state index in [1.165, 1.54) is 0 Å². The Balaban J connectivity index is 1.58. The first kappa shape index (κ1) is 18.0. The summed E-state index contributed by atoms with van der Waals surface area (Å²) in [5, 5.41) is 7.31. The zero-order chi connectivity index (χ0) is 18.4. The maximum Gasteiger partial charge on any atom is 0.175 e. The Bertz CT molecular complexity index is 883. The molecule has 6 heteroatoms. The third kappa shape index (κ3) is 4.88. The smallest absolute Gasteiger partial charge is 0.175 e. The predicted octanol–water partition coefficient (Wildman–Crippen LogP) is 5.95. The maximum absolute atomic E-state index is 6.10. The van der Waals surface area contributed by atoms with Crippen molar-refractivity contribution in [2.75, 3.05) is 17.7 Å². The number of benzene rings is 3. The largest absolute Gasteiger partial charge is 0.497 e. The molecule has 0 saturated heterocycles. The molecule has 0 aliphatic rings. The zero-order valence-electron chi connectivity index (χ0n) is 14.0. The van der Waals surface area contributed by atoms with Gasteiger partial charge in [0.15, 0.2) is 5.11 Å². The molecule has 132 valence electrons. The number of hydrogen-bond acceptors (Lipinski definition) is 3. The summed E-state index contributed by atoms with van der Waals surface area (Å²) >= 11 is 11.4. The molecule has 4 nitrogen and oxygen atoms in total. The second-order valence-corrected chi connectivity index (χ2v) is 6.18. The molecule has 0 bridgehead atoms. The Morgan fingerprint density at radius 3 is 1.88 bits per heavy atom. The summed E-state index contributed by atoms with van der Waals surface area (Å²) in [6.07, 6.45) is 0. The fraction of sp³-hybridized carbons (Fsp3) is 0.0500. The molecule has 3 aromatic rings. The van der Waals surface area contributed by atoms with Gasteiger partial charge in [-0.2, -0.15) is 0 Å². The van der Waals surface area contributed by atoms with Crippen LogP contribution in [0.25, 0.3) is 0 Å². The second-order valence-electron chi connectivity index (χ2n) is 5.36. The van der Waals surface area contributed by atoms with Gasteiger partial charge < -0.3 is 20.1 Å². The molecule has 0 saturated carbocycles. The van der Waals surface area contributed by atoms with Crippen molar-refractivity contribution in [3.63, 3.8) is 0 Å². The number of methoxy groups -OCH3 is 1. The van der Waals surface area contributed by atoms with E-state index in [9.17, 15) is 0 Å². The second kappa shape index (κ2) is 8.56. The fourth-order valence-electron chi connectivity index (χ4n) is 2.23. The van der Waals surface area contributed by atoms with Gasteiger partial charge in [-0.3, -0.25) is 0 Å². The third-order valence-corrected chi connectivity index (χ3v) is 4.04. The fourth-order valence-corrected chi connectivity index (χ4v) is 2.64. The molecule has 3 aromatic carbocycles. The first-order valence-corrected chi connectivity index (χ1v) is 8.67. The molecular weight excluding hydrogens is 368 g/mol. The van der Waals surface area contributed by atoms with E-state index in [2.05, 4.69) is 10.6 Å². The SMILES string of the molecule is COc1ccc(NC(=S)Nc2ccc(Oc3ccccc3Cl)cc2)cc1. The molecule has 26 heavy (non-hydrogen) atoms. The van der Waals surface area contributed by atoms with E-state index in [0.29, 0.717) is 21.6 Å². The van der Waals surface area contributed by atoms with Crippen molar-refractivity contribution >= 4 is 40.3 Å². The normalized spacial score (nSPS) is 10.1. The first-order chi connectivity index (χ1) is 12.6. The van der Waals surface area contributed by atoms with Crippen LogP contribution in [0.3, 0.4) is 0 Å². The quantitative estimate of drug-likeness (QED) is 0.532. The van der Waals surface area contributed by atoms with Crippen molar-refractivity contribution in [3.8, 4) is 17.2 Å². The van der Waals surface area contributed by atoms with Gasteiger partial charge in [0.2, 0.25) is 0 Å². The molecule has 0 fully saturated rings. The van der Waals surface area contributed by atoms with Gasteiger partial charge in [0.05, 0.1) is 12.1 Å². The monoisotopic (exact) mass is 384 g/mol. The third-order valence-electron chi connectivity index (χ3n) is 3.52. The first-order valence-electron chi connectivity index (χ1n) is 7.88. The predicted molar refractivity (Wildman–Crippen MR) is 111 cm³/mol. The van der Waals surface area contributed by atoms with E-state index in [0.717, 1.165) is 17.1 Å². The minimum Gasteiger partial charge on any atom is -0.497 e.